The molecule has 2 aromatic rings. The number of ether oxygens (including phenoxy) is 1. The minimum absolute atomic E-state index is 0.255. The summed E-state index contributed by atoms with van der Waals surface area (Å²) < 4.78 is 7.01. The van der Waals surface area contributed by atoms with E-state index in [9.17, 15) is 9.59 Å². The predicted molar refractivity (Wildman–Crippen MR) is 103 cm³/mol. The summed E-state index contributed by atoms with van der Waals surface area (Å²) in [5.74, 6) is 0.461. The zero-order valence-electron chi connectivity index (χ0n) is 16.3. The fourth-order valence-corrected chi connectivity index (χ4v) is 3.16. The smallest absolute Gasteiger partial charge is 0.287 e. The van der Waals surface area contributed by atoms with Gasteiger partial charge in [0.25, 0.3) is 11.8 Å². The van der Waals surface area contributed by atoms with Gasteiger partial charge in [-0.05, 0) is 64.3 Å². The van der Waals surface area contributed by atoms with Crippen molar-refractivity contribution < 1.29 is 14.3 Å². The first-order valence-electron chi connectivity index (χ1n) is 9.16. The van der Waals surface area contributed by atoms with Crippen LogP contribution in [0.5, 0.6) is 5.75 Å². The van der Waals surface area contributed by atoms with Gasteiger partial charge in [-0.25, -0.2) is 4.98 Å². The van der Waals surface area contributed by atoms with Crippen LogP contribution in [0.25, 0.3) is 0 Å². The minimum atomic E-state index is -0.371. The Hall–Kier alpha value is -2.83. The molecule has 1 aliphatic heterocycles. The summed E-state index contributed by atoms with van der Waals surface area (Å²) >= 11 is 0. The van der Waals surface area contributed by atoms with Crippen molar-refractivity contribution in [2.75, 3.05) is 12.4 Å². The van der Waals surface area contributed by atoms with Gasteiger partial charge in [-0.3, -0.25) is 9.59 Å². The lowest BCUT2D eigenvalue weighted by Crippen LogP contribution is -2.42. The van der Waals surface area contributed by atoms with Gasteiger partial charge in [0, 0.05) is 17.8 Å². The van der Waals surface area contributed by atoms with E-state index in [4.69, 9.17) is 4.74 Å². The van der Waals surface area contributed by atoms with Gasteiger partial charge >= 0.3 is 0 Å². The monoisotopic (exact) mass is 370 g/mol. The number of anilines is 1. The fourth-order valence-electron chi connectivity index (χ4n) is 3.16. The highest BCUT2D eigenvalue weighted by molar-refractivity contribution is 6.05. The Balaban J connectivity index is 1.88. The van der Waals surface area contributed by atoms with Gasteiger partial charge in [-0.15, -0.1) is 0 Å². The molecular formula is C20H26N4O3. The van der Waals surface area contributed by atoms with Crippen LogP contribution in [0.1, 0.15) is 60.4 Å². The van der Waals surface area contributed by atoms with E-state index < -0.39 is 0 Å². The largest absolute Gasteiger partial charge is 0.497 e. The van der Waals surface area contributed by atoms with Crippen LogP contribution in [0.15, 0.2) is 24.3 Å². The number of amides is 2. The quantitative estimate of drug-likeness (QED) is 0.866. The summed E-state index contributed by atoms with van der Waals surface area (Å²) in [6.45, 7) is 6.46. The molecular weight excluding hydrogens is 344 g/mol. The number of hydrogen-bond acceptors (Lipinski definition) is 4. The first kappa shape index (κ1) is 18.9. The lowest BCUT2D eigenvalue weighted by molar-refractivity contribution is 0.0903. The molecule has 7 heteroatoms. The lowest BCUT2D eigenvalue weighted by Gasteiger charge is -2.22. The van der Waals surface area contributed by atoms with Crippen molar-refractivity contribution in [3.8, 4) is 5.75 Å². The molecule has 2 N–H and O–H groups in total. The Morgan fingerprint density at radius 3 is 2.44 bits per heavy atom. The summed E-state index contributed by atoms with van der Waals surface area (Å²) in [6.07, 6.45) is 2.69. The van der Waals surface area contributed by atoms with E-state index in [1.165, 1.54) is 0 Å². The number of benzene rings is 1. The number of nitrogens with one attached hydrogen (secondary N) is 2. The average molecular weight is 370 g/mol. The number of fused-ring (bicyclic) bond motifs is 1. The molecule has 2 heterocycles. The molecule has 1 aliphatic rings. The second kappa shape index (κ2) is 7.42. The summed E-state index contributed by atoms with van der Waals surface area (Å²) in [6, 6.07) is 7.10. The molecule has 27 heavy (non-hydrogen) atoms. The van der Waals surface area contributed by atoms with Crippen LogP contribution in [0.2, 0.25) is 0 Å². The van der Waals surface area contributed by atoms with Crippen molar-refractivity contribution in [3.05, 3.63) is 41.5 Å². The zero-order chi connectivity index (χ0) is 19.6. The zero-order valence-corrected chi connectivity index (χ0v) is 16.3. The molecule has 0 unspecified atom stereocenters. The maximum absolute atomic E-state index is 12.8. The standard InChI is InChI=1S/C20H26N4O3/c1-20(2,3)23-19(26)17-22-16(15-7-5-6-12-24(15)17)18(25)21-13-8-10-14(27-4)11-9-13/h8-11H,5-7,12H2,1-4H3,(H,21,25)(H,23,26). The van der Waals surface area contributed by atoms with E-state index in [1.807, 2.05) is 25.3 Å². The average Bonchev–Trinajstić information content (AvgIpc) is 3.01. The highest BCUT2D eigenvalue weighted by Crippen LogP contribution is 2.23. The van der Waals surface area contributed by atoms with Crippen molar-refractivity contribution in [1.29, 1.82) is 0 Å². The van der Waals surface area contributed by atoms with Gasteiger partial charge < -0.3 is 19.9 Å². The van der Waals surface area contributed by atoms with E-state index in [0.717, 1.165) is 25.0 Å². The molecule has 0 bridgehead atoms. The fraction of sp³-hybridized carbons (Fsp3) is 0.450. The Bertz CT molecular complexity index is 847. The summed E-state index contributed by atoms with van der Waals surface area (Å²) in [7, 11) is 1.59. The maximum atomic E-state index is 12.8. The third kappa shape index (κ3) is 4.30. The topological polar surface area (TPSA) is 85.2 Å². The van der Waals surface area contributed by atoms with Crippen molar-refractivity contribution in [3.63, 3.8) is 0 Å². The highest BCUT2D eigenvalue weighted by atomic mass is 16.5. The van der Waals surface area contributed by atoms with Crippen molar-refractivity contribution in [2.45, 2.75) is 52.1 Å². The SMILES string of the molecule is COc1ccc(NC(=O)c2nc(C(=O)NC(C)(C)C)n3c2CCCC3)cc1. The second-order valence-electron chi connectivity index (χ2n) is 7.73. The number of rotatable bonds is 4. The van der Waals surface area contributed by atoms with E-state index >= 15 is 0 Å². The molecule has 0 saturated heterocycles. The van der Waals surface area contributed by atoms with Crippen LogP contribution < -0.4 is 15.4 Å². The Morgan fingerprint density at radius 2 is 1.81 bits per heavy atom. The Kier molecular flexibility index (Phi) is 5.21. The molecule has 2 amide bonds. The van der Waals surface area contributed by atoms with E-state index in [-0.39, 0.29) is 17.4 Å². The third-order valence-corrected chi connectivity index (χ3v) is 4.37. The number of methoxy groups -OCH3 is 1. The van der Waals surface area contributed by atoms with E-state index in [2.05, 4.69) is 15.6 Å². The molecule has 0 spiro atoms. The van der Waals surface area contributed by atoms with E-state index in [0.29, 0.717) is 29.5 Å². The normalized spacial score (nSPS) is 13.6. The van der Waals surface area contributed by atoms with Crippen LogP contribution in [-0.4, -0.2) is 34.0 Å². The summed E-state index contributed by atoms with van der Waals surface area (Å²) in [5.41, 5.74) is 1.43. The Labute approximate surface area is 159 Å². The summed E-state index contributed by atoms with van der Waals surface area (Å²) in [5, 5.41) is 5.79. The van der Waals surface area contributed by atoms with Crippen LogP contribution in [0.3, 0.4) is 0 Å². The number of hydrogen-bond donors (Lipinski definition) is 2. The van der Waals surface area contributed by atoms with Gasteiger partial charge in [-0.1, -0.05) is 0 Å². The molecule has 0 fully saturated rings. The van der Waals surface area contributed by atoms with Gasteiger partial charge in [-0.2, -0.15) is 0 Å². The lowest BCUT2D eigenvalue weighted by atomic mass is 10.1. The van der Waals surface area contributed by atoms with Crippen molar-refractivity contribution >= 4 is 17.5 Å². The number of nitrogens with zero attached hydrogens (tertiary/aromatic N) is 2. The molecule has 1 aromatic carbocycles. The molecule has 0 radical (unpaired) electrons. The molecule has 0 saturated carbocycles. The molecule has 1 aromatic heterocycles. The predicted octanol–water partition coefficient (Wildman–Crippen LogP) is 3.01. The molecule has 144 valence electrons. The van der Waals surface area contributed by atoms with Crippen molar-refractivity contribution in [1.82, 2.24) is 14.9 Å². The Morgan fingerprint density at radius 1 is 1.11 bits per heavy atom. The number of carbonyl (C=O) groups is 2. The van der Waals surface area contributed by atoms with Gasteiger partial charge in [0.2, 0.25) is 0 Å². The van der Waals surface area contributed by atoms with Crippen LogP contribution in [0, 0.1) is 0 Å². The molecule has 3 rings (SSSR count). The molecule has 7 nitrogen and oxygen atoms in total. The maximum Gasteiger partial charge on any atom is 0.287 e. The number of aromatic nitrogens is 2. The third-order valence-electron chi connectivity index (χ3n) is 4.37. The number of imidazole rings is 1. The number of carbonyl (C=O) groups excluding carboxylic acids is 2. The van der Waals surface area contributed by atoms with Gasteiger partial charge in [0.05, 0.1) is 12.8 Å². The molecule has 0 atom stereocenters. The first-order valence-corrected chi connectivity index (χ1v) is 9.16. The van der Waals surface area contributed by atoms with Gasteiger partial charge in [0.15, 0.2) is 11.5 Å². The van der Waals surface area contributed by atoms with Crippen LogP contribution in [-0.2, 0) is 13.0 Å². The second-order valence-corrected chi connectivity index (χ2v) is 7.73. The van der Waals surface area contributed by atoms with Crippen LogP contribution in [0.4, 0.5) is 5.69 Å². The first-order chi connectivity index (χ1) is 12.8. The van der Waals surface area contributed by atoms with Gasteiger partial charge in [0.1, 0.15) is 5.75 Å². The van der Waals surface area contributed by atoms with Crippen LogP contribution >= 0.6 is 0 Å². The summed E-state index contributed by atoms with van der Waals surface area (Å²) in [4.78, 5) is 29.9. The highest BCUT2D eigenvalue weighted by Gasteiger charge is 2.29. The van der Waals surface area contributed by atoms with E-state index in [1.54, 1.807) is 31.4 Å². The molecule has 0 aliphatic carbocycles. The minimum Gasteiger partial charge on any atom is -0.497 e. The van der Waals surface area contributed by atoms with Crippen molar-refractivity contribution in [2.24, 2.45) is 0 Å².